The normalized spacial score (nSPS) is 22.1. The fourth-order valence-corrected chi connectivity index (χ4v) is 2.81. The van der Waals surface area contributed by atoms with Crippen molar-refractivity contribution in [3.8, 4) is 0 Å². The molecule has 11 nitrogen and oxygen atoms in total. The Labute approximate surface area is 168 Å². The Kier molecular flexibility index (Phi) is 8.25. The Morgan fingerprint density at radius 3 is 2.68 bits per heavy atom. The molecule has 1 aromatic rings. The second-order valence-electron chi connectivity index (χ2n) is 6.05. The third-order valence-electron chi connectivity index (χ3n) is 3.68. The number of urea groups is 1. The van der Waals surface area contributed by atoms with E-state index in [0.717, 1.165) is 31.6 Å². The van der Waals surface area contributed by atoms with Crippen LogP contribution in [-0.4, -0.2) is 81.1 Å². The molecule has 2 aliphatic heterocycles. The minimum atomic E-state index is -4.92. The predicted octanol–water partition coefficient (Wildman–Crippen LogP) is -3.31. The monoisotopic (exact) mass is 383 g/mol. The summed E-state index contributed by atoms with van der Waals surface area (Å²) in [5, 5.41) is 12.4. The van der Waals surface area contributed by atoms with Gasteiger partial charge < -0.3 is 19.7 Å². The van der Waals surface area contributed by atoms with Crippen molar-refractivity contribution >= 4 is 16.4 Å². The zero-order valence-corrected chi connectivity index (χ0v) is 17.3. The maximum absolute atomic E-state index is 11.7. The van der Waals surface area contributed by atoms with E-state index in [1.807, 2.05) is 29.9 Å². The smallest absolute Gasteiger partial charge is 0.726 e. The predicted molar refractivity (Wildman–Crippen MR) is 82.0 cm³/mol. The van der Waals surface area contributed by atoms with Gasteiger partial charge in [0.2, 0.25) is 10.4 Å². The van der Waals surface area contributed by atoms with Crippen LogP contribution in [0.25, 0.3) is 5.32 Å². The number of piperidine rings is 1. The molecule has 0 aliphatic carbocycles. The standard InChI is InChI=1S/C12H20N6O.Na.H2O4S/c1-16(2)5-10-6-17(15-14-10)8-11-4-3-9-7-18(11)12(19)13-9;;1-5(2,3)4/h6,9,11H,3-5,7-8H2,1-2H3,(H,13,19);;(H2,1,2,3,4)/q;+1;/p-2/t9-,11+;;/m1../s1. The fraction of sp³-hybridized carbons (Fsp3) is 0.750. The number of carbonyl (C=O) groups is 1. The van der Waals surface area contributed by atoms with Crippen LogP contribution in [0.1, 0.15) is 18.5 Å². The van der Waals surface area contributed by atoms with Gasteiger partial charge in [-0.15, -0.1) is 5.10 Å². The van der Waals surface area contributed by atoms with Crippen LogP contribution in [0.5, 0.6) is 0 Å². The van der Waals surface area contributed by atoms with Gasteiger partial charge >= 0.3 is 29.6 Å². The second kappa shape index (κ2) is 9.26. The average Bonchev–Trinajstić information content (AvgIpc) is 2.96. The minimum absolute atomic E-state index is 0. The van der Waals surface area contributed by atoms with E-state index in [2.05, 4.69) is 20.5 Å². The molecule has 136 valence electrons. The molecule has 1 aromatic heterocycles. The third-order valence-corrected chi connectivity index (χ3v) is 3.68. The maximum atomic E-state index is 11.7. The molecule has 2 bridgehead atoms. The topological polar surface area (TPSA) is 146 Å². The van der Waals surface area contributed by atoms with E-state index in [0.29, 0.717) is 6.54 Å². The SMILES string of the molecule is CN(C)Cc1cn(C[C@@H]2CC[C@@H]3CN2C(=O)[N-]3)nn1.O=S(=O)([O-])O.[Na+]. The van der Waals surface area contributed by atoms with Crippen LogP contribution < -0.4 is 29.6 Å². The summed E-state index contributed by atoms with van der Waals surface area (Å²) in [4.78, 5) is 15.6. The van der Waals surface area contributed by atoms with E-state index >= 15 is 0 Å². The zero-order chi connectivity index (χ0) is 17.9. The Morgan fingerprint density at radius 1 is 1.44 bits per heavy atom. The maximum Gasteiger partial charge on any atom is 1.00 e. The summed E-state index contributed by atoms with van der Waals surface area (Å²) >= 11 is 0. The van der Waals surface area contributed by atoms with Gasteiger partial charge in [-0.05, 0) is 39.1 Å². The molecule has 2 aliphatic rings. The van der Waals surface area contributed by atoms with Gasteiger partial charge in [0.1, 0.15) is 0 Å². The summed E-state index contributed by atoms with van der Waals surface area (Å²) in [5.41, 5.74) is 0.955. The van der Waals surface area contributed by atoms with Gasteiger partial charge in [-0.2, -0.15) is 0 Å². The molecule has 13 heteroatoms. The zero-order valence-electron chi connectivity index (χ0n) is 14.4. The quantitative estimate of drug-likeness (QED) is 0.323. The van der Waals surface area contributed by atoms with Crippen LogP contribution in [0, 0.1) is 0 Å². The van der Waals surface area contributed by atoms with Crippen LogP contribution in [-0.2, 0) is 23.5 Å². The molecular weight excluding hydrogens is 363 g/mol. The van der Waals surface area contributed by atoms with E-state index in [1.54, 1.807) is 0 Å². The van der Waals surface area contributed by atoms with Crippen molar-refractivity contribution in [1.29, 1.82) is 0 Å². The number of amides is 2. The summed E-state index contributed by atoms with van der Waals surface area (Å²) in [5.74, 6) is 0. The van der Waals surface area contributed by atoms with Gasteiger partial charge in [0.25, 0.3) is 0 Å². The Bertz CT molecular complexity index is 673. The number of aromatic nitrogens is 3. The molecule has 3 heterocycles. The summed E-state index contributed by atoms with van der Waals surface area (Å²) in [7, 11) is -0.907. The largest absolute Gasteiger partial charge is 1.00 e. The minimum Gasteiger partial charge on any atom is -0.726 e. The van der Waals surface area contributed by atoms with Crippen molar-refractivity contribution < 1.29 is 51.9 Å². The van der Waals surface area contributed by atoms with Crippen LogP contribution in [0.4, 0.5) is 4.79 Å². The Morgan fingerprint density at radius 2 is 2.08 bits per heavy atom. The molecule has 0 unspecified atom stereocenters. The van der Waals surface area contributed by atoms with Gasteiger partial charge in [-0.25, -0.2) is 8.42 Å². The van der Waals surface area contributed by atoms with Crippen molar-refractivity contribution in [3.63, 3.8) is 0 Å². The van der Waals surface area contributed by atoms with Crippen LogP contribution >= 0.6 is 0 Å². The van der Waals surface area contributed by atoms with Crippen LogP contribution in [0.15, 0.2) is 6.20 Å². The van der Waals surface area contributed by atoms with Gasteiger partial charge in [0, 0.05) is 19.3 Å². The van der Waals surface area contributed by atoms with Crippen molar-refractivity contribution in [2.75, 3.05) is 20.6 Å². The third kappa shape index (κ3) is 7.56. The molecule has 3 rings (SSSR count). The van der Waals surface area contributed by atoms with E-state index < -0.39 is 10.4 Å². The Hall–Kier alpha value is -0.760. The van der Waals surface area contributed by atoms with Crippen LogP contribution in [0.2, 0.25) is 0 Å². The number of nitrogens with zero attached hydrogens (tertiary/aromatic N) is 6. The molecule has 2 atom stereocenters. The Balaban J connectivity index is 0.000000462. The molecule has 0 aromatic carbocycles. The van der Waals surface area contributed by atoms with Crippen molar-refractivity contribution in [2.45, 2.75) is 38.0 Å². The fourth-order valence-electron chi connectivity index (χ4n) is 2.81. The summed E-state index contributed by atoms with van der Waals surface area (Å²) in [6.45, 7) is 2.28. The van der Waals surface area contributed by atoms with Crippen LogP contribution in [0.3, 0.4) is 0 Å². The second-order valence-corrected chi connectivity index (χ2v) is 6.90. The van der Waals surface area contributed by atoms with Gasteiger partial charge in [-0.3, -0.25) is 14.0 Å². The summed E-state index contributed by atoms with van der Waals surface area (Å²) in [6.07, 6.45) is 3.97. The first-order valence-corrected chi connectivity index (χ1v) is 8.72. The van der Waals surface area contributed by atoms with Gasteiger partial charge in [0.05, 0.1) is 5.69 Å². The summed E-state index contributed by atoms with van der Waals surface area (Å²) in [6, 6.07) is 0.383. The van der Waals surface area contributed by atoms with Crippen molar-refractivity contribution in [1.82, 2.24) is 24.8 Å². The summed E-state index contributed by atoms with van der Waals surface area (Å²) < 4.78 is 34.7. The molecule has 2 fully saturated rings. The number of rotatable bonds is 4. The molecule has 2 amide bonds. The van der Waals surface area contributed by atoms with E-state index in [-0.39, 0.29) is 47.7 Å². The molecular formula is C12H20N6NaO5S-. The molecule has 25 heavy (non-hydrogen) atoms. The van der Waals surface area contributed by atoms with Crippen molar-refractivity contribution in [2.24, 2.45) is 0 Å². The number of hydrogen-bond donors (Lipinski definition) is 1. The number of fused-ring (bicyclic) bond motifs is 2. The molecule has 0 spiro atoms. The number of carbonyl (C=O) groups excluding carboxylic acids is 1. The molecule has 1 N–H and O–H groups in total. The first-order chi connectivity index (χ1) is 11.1. The molecule has 0 radical (unpaired) electrons. The first-order valence-electron chi connectivity index (χ1n) is 7.35. The van der Waals surface area contributed by atoms with E-state index in [1.165, 1.54) is 0 Å². The van der Waals surface area contributed by atoms with Gasteiger partial charge in [-0.1, -0.05) is 11.6 Å². The first kappa shape index (κ1) is 22.3. The average molecular weight is 383 g/mol. The van der Waals surface area contributed by atoms with E-state index in [4.69, 9.17) is 17.5 Å². The molecule has 0 saturated carbocycles. The van der Waals surface area contributed by atoms with Gasteiger partial charge in [0.15, 0.2) is 6.03 Å². The van der Waals surface area contributed by atoms with Crippen molar-refractivity contribution in [3.05, 3.63) is 17.2 Å². The number of hydrogen-bond acceptors (Lipinski definition) is 7. The molecule has 2 saturated heterocycles. The van der Waals surface area contributed by atoms with E-state index in [9.17, 15) is 4.79 Å².